The summed E-state index contributed by atoms with van der Waals surface area (Å²) in [5.41, 5.74) is 10.6. The Hall–Kier alpha value is -5.72. The highest BCUT2D eigenvalue weighted by Gasteiger charge is 2.38. The smallest absolute Gasteiger partial charge is 0.0159 e. The highest BCUT2D eigenvalue weighted by atomic mass is 14.4. The van der Waals surface area contributed by atoms with Crippen molar-refractivity contribution in [2.45, 2.75) is 19.3 Å². The van der Waals surface area contributed by atoms with Gasteiger partial charge in [-0.1, -0.05) is 147 Å². The van der Waals surface area contributed by atoms with Gasteiger partial charge in [-0.25, -0.2) is 0 Å². The molecule has 1 aliphatic carbocycles. The molecule has 0 saturated heterocycles. The normalized spacial score (nSPS) is 13.5. The lowest BCUT2D eigenvalue weighted by molar-refractivity contribution is 0.661. The first-order chi connectivity index (χ1) is 23.1. The minimum atomic E-state index is -0.163. The van der Waals surface area contributed by atoms with Gasteiger partial charge in [0.05, 0.1) is 0 Å². The van der Waals surface area contributed by atoms with Gasteiger partial charge >= 0.3 is 0 Å². The zero-order valence-corrected chi connectivity index (χ0v) is 26.5. The summed E-state index contributed by atoms with van der Waals surface area (Å²) in [5.74, 6) is 0. The molecule has 0 radical (unpaired) electrons. The van der Waals surface area contributed by atoms with Gasteiger partial charge in [0.15, 0.2) is 0 Å². The molecule has 9 aromatic rings. The van der Waals surface area contributed by atoms with Crippen LogP contribution in [0.3, 0.4) is 0 Å². The quantitative estimate of drug-likeness (QED) is 0.138. The van der Waals surface area contributed by atoms with E-state index in [1.807, 2.05) is 0 Å². The van der Waals surface area contributed by atoms with Gasteiger partial charge in [-0.2, -0.15) is 0 Å². The lowest BCUT2D eigenvalue weighted by Gasteiger charge is -2.23. The Balaban J connectivity index is 1.27. The highest BCUT2D eigenvalue weighted by molar-refractivity contribution is 6.20. The zero-order chi connectivity index (χ0) is 31.3. The van der Waals surface area contributed by atoms with E-state index in [-0.39, 0.29) is 5.41 Å². The van der Waals surface area contributed by atoms with Crippen LogP contribution in [-0.2, 0) is 5.41 Å². The van der Waals surface area contributed by atoms with Crippen LogP contribution < -0.4 is 0 Å². The largest absolute Gasteiger partial charge is 0.0616 e. The summed E-state index contributed by atoms with van der Waals surface area (Å²) in [6, 6.07) is 59.0. The van der Waals surface area contributed by atoms with Crippen LogP contribution in [-0.4, -0.2) is 0 Å². The molecule has 0 aromatic heterocycles. The van der Waals surface area contributed by atoms with Crippen LogP contribution in [0.15, 0.2) is 158 Å². The van der Waals surface area contributed by atoms with E-state index < -0.39 is 0 Å². The molecule has 0 nitrogen and oxygen atoms in total. The first kappa shape index (κ1) is 26.5. The molecule has 10 rings (SSSR count). The number of hydrogen-bond donors (Lipinski definition) is 0. The van der Waals surface area contributed by atoms with E-state index in [0.717, 1.165) is 0 Å². The van der Waals surface area contributed by atoms with Crippen LogP contribution >= 0.6 is 0 Å². The Kier molecular flexibility index (Phi) is 5.44. The molecule has 1 aliphatic rings. The van der Waals surface area contributed by atoms with Crippen molar-refractivity contribution >= 4 is 53.9 Å². The first-order valence-corrected chi connectivity index (χ1v) is 16.6. The van der Waals surface area contributed by atoms with Gasteiger partial charge in [0.25, 0.3) is 0 Å². The third-order valence-electron chi connectivity index (χ3n) is 10.8. The Bertz CT molecular complexity index is 2760. The minimum absolute atomic E-state index is 0.163. The maximum absolute atomic E-state index is 2.50. The molecule has 9 aromatic carbocycles. The number of hydrogen-bond acceptors (Lipinski definition) is 0. The fraction of sp³-hybridized carbons (Fsp3) is 0.0638. The van der Waals surface area contributed by atoms with Crippen LogP contribution in [0.2, 0.25) is 0 Å². The van der Waals surface area contributed by atoms with Gasteiger partial charge in [-0.05, 0) is 123 Å². The van der Waals surface area contributed by atoms with Crippen LogP contribution in [0.25, 0.3) is 87.2 Å². The van der Waals surface area contributed by atoms with Crippen molar-refractivity contribution in [1.29, 1.82) is 0 Å². The van der Waals surface area contributed by atoms with Crippen molar-refractivity contribution in [2.24, 2.45) is 0 Å². The maximum Gasteiger partial charge on any atom is 0.0159 e. The summed E-state index contributed by atoms with van der Waals surface area (Å²) in [5, 5.41) is 12.9. The molecular weight excluding hydrogens is 565 g/mol. The van der Waals surface area contributed by atoms with E-state index in [9.17, 15) is 0 Å². The van der Waals surface area contributed by atoms with E-state index in [1.165, 1.54) is 98.4 Å². The van der Waals surface area contributed by atoms with Gasteiger partial charge in [-0.3, -0.25) is 0 Å². The van der Waals surface area contributed by atoms with Crippen LogP contribution in [0, 0.1) is 0 Å². The third kappa shape index (κ3) is 3.76. The molecule has 0 heterocycles. The van der Waals surface area contributed by atoms with E-state index >= 15 is 0 Å². The second-order valence-electron chi connectivity index (χ2n) is 13.7. The van der Waals surface area contributed by atoms with Crippen molar-refractivity contribution in [3.8, 4) is 33.4 Å². The van der Waals surface area contributed by atoms with Crippen molar-refractivity contribution < 1.29 is 0 Å². The van der Waals surface area contributed by atoms with Crippen molar-refractivity contribution in [3.05, 3.63) is 169 Å². The van der Waals surface area contributed by atoms with Crippen molar-refractivity contribution in [1.82, 2.24) is 0 Å². The van der Waals surface area contributed by atoms with Crippen molar-refractivity contribution in [2.75, 3.05) is 0 Å². The molecule has 0 aliphatic heterocycles. The van der Waals surface area contributed by atoms with Gasteiger partial charge in [0.2, 0.25) is 0 Å². The predicted octanol–water partition coefficient (Wildman–Crippen LogP) is 13.1. The van der Waals surface area contributed by atoms with Gasteiger partial charge in [0, 0.05) is 5.41 Å². The molecule has 0 unspecified atom stereocenters. The van der Waals surface area contributed by atoms with Gasteiger partial charge in [0.1, 0.15) is 0 Å². The molecule has 0 fully saturated rings. The maximum atomic E-state index is 2.50. The van der Waals surface area contributed by atoms with Crippen LogP contribution in [0.1, 0.15) is 25.0 Å². The molecule has 47 heavy (non-hydrogen) atoms. The molecule has 220 valence electrons. The fourth-order valence-electron chi connectivity index (χ4n) is 8.48. The summed E-state index contributed by atoms with van der Waals surface area (Å²) in [6.45, 7) is 4.82. The summed E-state index contributed by atoms with van der Waals surface area (Å²) in [4.78, 5) is 0. The number of fused-ring (bicyclic) bond motifs is 9. The van der Waals surface area contributed by atoms with Gasteiger partial charge in [-0.15, -0.1) is 0 Å². The SMILES string of the molecule is CC1(C)c2cc(-c3c4ccccc4cc4c3ccc3ccccc34)ccc2-c2c1cc1ccccc1c2-c1ccc2ccccc2c1. The summed E-state index contributed by atoms with van der Waals surface area (Å²) < 4.78 is 0. The first-order valence-electron chi connectivity index (χ1n) is 16.6. The Morgan fingerprint density at radius 3 is 1.68 bits per heavy atom. The second-order valence-corrected chi connectivity index (χ2v) is 13.7. The van der Waals surface area contributed by atoms with Crippen LogP contribution in [0.5, 0.6) is 0 Å². The van der Waals surface area contributed by atoms with Crippen molar-refractivity contribution in [3.63, 3.8) is 0 Å². The fourth-order valence-corrected chi connectivity index (χ4v) is 8.48. The molecule has 0 saturated carbocycles. The lowest BCUT2D eigenvalue weighted by Crippen LogP contribution is -2.15. The Labute approximate surface area is 274 Å². The number of rotatable bonds is 2. The molecule has 0 heteroatoms. The van der Waals surface area contributed by atoms with E-state index in [4.69, 9.17) is 0 Å². The molecule has 0 N–H and O–H groups in total. The topological polar surface area (TPSA) is 0 Å². The molecule has 0 bridgehead atoms. The molecular formula is C47H32. The average Bonchev–Trinajstić information content (AvgIpc) is 3.34. The Morgan fingerprint density at radius 1 is 0.319 bits per heavy atom. The van der Waals surface area contributed by atoms with Gasteiger partial charge < -0.3 is 0 Å². The molecule has 0 amide bonds. The lowest BCUT2D eigenvalue weighted by atomic mass is 9.79. The predicted molar refractivity (Wildman–Crippen MR) is 202 cm³/mol. The third-order valence-corrected chi connectivity index (χ3v) is 10.8. The van der Waals surface area contributed by atoms with E-state index in [0.29, 0.717) is 0 Å². The number of benzene rings is 9. The average molecular weight is 597 g/mol. The summed E-state index contributed by atoms with van der Waals surface area (Å²) >= 11 is 0. The van der Waals surface area contributed by atoms with Crippen LogP contribution in [0.4, 0.5) is 0 Å². The second kappa shape index (κ2) is 9.64. The zero-order valence-electron chi connectivity index (χ0n) is 26.5. The Morgan fingerprint density at radius 2 is 0.894 bits per heavy atom. The van der Waals surface area contributed by atoms with E-state index in [2.05, 4.69) is 172 Å². The summed E-state index contributed by atoms with van der Waals surface area (Å²) in [6.07, 6.45) is 0. The molecule has 0 atom stereocenters. The monoisotopic (exact) mass is 596 g/mol. The molecule has 0 spiro atoms. The highest BCUT2D eigenvalue weighted by Crippen LogP contribution is 2.55. The summed E-state index contributed by atoms with van der Waals surface area (Å²) in [7, 11) is 0. The minimum Gasteiger partial charge on any atom is -0.0616 e. The van der Waals surface area contributed by atoms with E-state index in [1.54, 1.807) is 0 Å². The standard InChI is InChI=1S/C47H32/c1-47(2)42-28-35(44-37-17-9-6-14-32(37)26-41-36-16-8-5-12-30(36)21-23-39(41)44)22-24-40(42)46-43(47)27-33-15-7-10-18-38(33)45(46)34-20-19-29-11-3-4-13-31(29)25-34/h3-28H,1-2H3.